The number of hydrogen-bond acceptors (Lipinski definition) is 4. The van der Waals surface area contributed by atoms with Crippen LogP contribution in [0.5, 0.6) is 11.5 Å². The molecule has 2 aromatic carbocycles. The van der Waals surface area contributed by atoms with Gasteiger partial charge in [0.05, 0.1) is 14.2 Å². The van der Waals surface area contributed by atoms with Crippen LogP contribution < -0.4 is 9.47 Å². The van der Waals surface area contributed by atoms with Crippen molar-refractivity contribution in [3.8, 4) is 23.0 Å². The highest BCUT2D eigenvalue weighted by Gasteiger charge is 2.13. The molecule has 0 aliphatic heterocycles. The molecule has 0 spiro atoms. The van der Waals surface area contributed by atoms with E-state index in [2.05, 4.69) is 4.98 Å². The Kier molecular flexibility index (Phi) is 3.06. The Bertz CT molecular complexity index is 703. The SMILES string of the molecule is COc1cc(-c2nc3ccccc3o2)cc(OC)c1C. The molecule has 20 heavy (non-hydrogen) atoms. The van der Waals surface area contributed by atoms with Crippen LogP contribution in [0.4, 0.5) is 0 Å². The van der Waals surface area contributed by atoms with Crippen molar-refractivity contribution in [3.63, 3.8) is 0 Å². The number of hydrogen-bond donors (Lipinski definition) is 0. The summed E-state index contributed by atoms with van der Waals surface area (Å²) in [6.45, 7) is 1.95. The molecule has 102 valence electrons. The maximum absolute atomic E-state index is 5.77. The van der Waals surface area contributed by atoms with E-state index in [0.29, 0.717) is 5.89 Å². The van der Waals surface area contributed by atoms with Crippen molar-refractivity contribution in [2.45, 2.75) is 6.92 Å². The van der Waals surface area contributed by atoms with Gasteiger partial charge < -0.3 is 13.9 Å². The second-order valence-electron chi connectivity index (χ2n) is 4.49. The van der Waals surface area contributed by atoms with Crippen molar-refractivity contribution in [1.29, 1.82) is 0 Å². The van der Waals surface area contributed by atoms with Gasteiger partial charge in [-0.1, -0.05) is 12.1 Å². The number of ether oxygens (including phenoxy) is 2. The first-order valence-corrected chi connectivity index (χ1v) is 6.31. The summed E-state index contributed by atoms with van der Waals surface area (Å²) >= 11 is 0. The molecule has 3 rings (SSSR count). The smallest absolute Gasteiger partial charge is 0.227 e. The van der Waals surface area contributed by atoms with Crippen LogP contribution in [-0.2, 0) is 0 Å². The number of methoxy groups -OCH3 is 2. The largest absolute Gasteiger partial charge is 0.496 e. The van der Waals surface area contributed by atoms with Crippen LogP contribution in [0, 0.1) is 6.92 Å². The second kappa shape index (κ2) is 4.89. The molecule has 0 unspecified atom stereocenters. The number of benzene rings is 2. The molecular formula is C16H15NO3. The Hall–Kier alpha value is -2.49. The summed E-state index contributed by atoms with van der Waals surface area (Å²) in [5.74, 6) is 2.06. The van der Waals surface area contributed by atoms with Crippen LogP contribution in [0.2, 0.25) is 0 Å². The van der Waals surface area contributed by atoms with E-state index >= 15 is 0 Å². The van der Waals surface area contributed by atoms with Gasteiger partial charge in [-0.25, -0.2) is 4.98 Å². The van der Waals surface area contributed by atoms with Crippen LogP contribution in [0.15, 0.2) is 40.8 Å². The van der Waals surface area contributed by atoms with E-state index in [1.54, 1.807) is 14.2 Å². The Morgan fingerprint density at radius 3 is 2.25 bits per heavy atom. The Labute approximate surface area is 117 Å². The minimum atomic E-state index is 0.558. The zero-order valence-electron chi connectivity index (χ0n) is 11.6. The molecule has 0 saturated heterocycles. The maximum Gasteiger partial charge on any atom is 0.227 e. The quantitative estimate of drug-likeness (QED) is 0.725. The molecule has 1 heterocycles. The average molecular weight is 269 g/mol. The predicted octanol–water partition coefficient (Wildman–Crippen LogP) is 3.82. The van der Waals surface area contributed by atoms with Gasteiger partial charge in [0.25, 0.3) is 0 Å². The van der Waals surface area contributed by atoms with Crippen molar-refractivity contribution in [2.24, 2.45) is 0 Å². The number of para-hydroxylation sites is 2. The fourth-order valence-corrected chi connectivity index (χ4v) is 2.21. The van der Waals surface area contributed by atoms with Gasteiger partial charge in [0.15, 0.2) is 5.58 Å². The fourth-order valence-electron chi connectivity index (χ4n) is 2.21. The third kappa shape index (κ3) is 1.99. The molecule has 0 aliphatic rings. The van der Waals surface area contributed by atoms with Crippen molar-refractivity contribution in [2.75, 3.05) is 14.2 Å². The van der Waals surface area contributed by atoms with Crippen LogP contribution >= 0.6 is 0 Å². The summed E-state index contributed by atoms with van der Waals surface area (Å²) in [7, 11) is 3.27. The summed E-state index contributed by atoms with van der Waals surface area (Å²) in [6.07, 6.45) is 0. The summed E-state index contributed by atoms with van der Waals surface area (Å²) < 4.78 is 16.5. The van der Waals surface area contributed by atoms with Crippen molar-refractivity contribution in [3.05, 3.63) is 42.0 Å². The topological polar surface area (TPSA) is 44.5 Å². The van der Waals surface area contributed by atoms with Gasteiger partial charge in [0, 0.05) is 11.1 Å². The lowest BCUT2D eigenvalue weighted by atomic mass is 10.1. The highest BCUT2D eigenvalue weighted by atomic mass is 16.5. The fraction of sp³-hybridized carbons (Fsp3) is 0.188. The van der Waals surface area contributed by atoms with E-state index in [4.69, 9.17) is 13.9 Å². The summed E-state index contributed by atoms with van der Waals surface area (Å²) in [6, 6.07) is 11.5. The first-order chi connectivity index (χ1) is 9.72. The van der Waals surface area contributed by atoms with Crippen molar-refractivity contribution >= 4 is 11.1 Å². The number of rotatable bonds is 3. The molecule has 0 bridgehead atoms. The van der Waals surface area contributed by atoms with Gasteiger partial charge in [-0.3, -0.25) is 0 Å². The van der Waals surface area contributed by atoms with E-state index in [9.17, 15) is 0 Å². The Morgan fingerprint density at radius 2 is 1.65 bits per heavy atom. The minimum Gasteiger partial charge on any atom is -0.496 e. The molecular weight excluding hydrogens is 254 g/mol. The van der Waals surface area contributed by atoms with Gasteiger partial charge in [-0.15, -0.1) is 0 Å². The highest BCUT2D eigenvalue weighted by molar-refractivity contribution is 5.76. The molecule has 1 aromatic heterocycles. The number of aromatic nitrogens is 1. The molecule has 4 nitrogen and oxygen atoms in total. The lowest BCUT2D eigenvalue weighted by Crippen LogP contribution is -1.93. The van der Waals surface area contributed by atoms with Crippen LogP contribution in [0.3, 0.4) is 0 Å². The van der Waals surface area contributed by atoms with Crippen LogP contribution in [-0.4, -0.2) is 19.2 Å². The standard InChI is InChI=1S/C16H15NO3/c1-10-14(18-2)8-11(9-15(10)19-3)16-17-12-6-4-5-7-13(12)20-16/h4-9H,1-3H3. The molecule has 4 heteroatoms. The number of nitrogens with zero attached hydrogens (tertiary/aromatic N) is 1. The first-order valence-electron chi connectivity index (χ1n) is 6.31. The summed E-state index contributed by atoms with van der Waals surface area (Å²) in [4.78, 5) is 4.49. The van der Waals surface area contributed by atoms with Crippen molar-refractivity contribution < 1.29 is 13.9 Å². The van der Waals surface area contributed by atoms with E-state index in [1.807, 2.05) is 43.3 Å². The lowest BCUT2D eigenvalue weighted by molar-refractivity contribution is 0.389. The van der Waals surface area contributed by atoms with E-state index in [0.717, 1.165) is 33.7 Å². The molecule has 3 aromatic rings. The Morgan fingerprint density at radius 1 is 1.00 bits per heavy atom. The predicted molar refractivity (Wildman–Crippen MR) is 77.3 cm³/mol. The van der Waals surface area contributed by atoms with E-state index < -0.39 is 0 Å². The van der Waals surface area contributed by atoms with Crippen LogP contribution in [0.25, 0.3) is 22.6 Å². The maximum atomic E-state index is 5.77. The molecule has 0 atom stereocenters. The third-order valence-corrected chi connectivity index (χ3v) is 3.29. The lowest BCUT2D eigenvalue weighted by Gasteiger charge is -2.11. The summed E-state index contributed by atoms with van der Waals surface area (Å²) in [5, 5.41) is 0. The van der Waals surface area contributed by atoms with Crippen LogP contribution in [0.1, 0.15) is 5.56 Å². The monoisotopic (exact) mass is 269 g/mol. The number of fused-ring (bicyclic) bond motifs is 1. The van der Waals surface area contributed by atoms with Crippen molar-refractivity contribution in [1.82, 2.24) is 4.98 Å². The summed E-state index contributed by atoms with van der Waals surface area (Å²) in [5.41, 5.74) is 3.39. The molecule has 0 saturated carbocycles. The van der Waals surface area contributed by atoms with Gasteiger partial charge in [0.1, 0.15) is 17.0 Å². The first kappa shape index (κ1) is 12.5. The van der Waals surface area contributed by atoms with Gasteiger partial charge in [0.2, 0.25) is 5.89 Å². The average Bonchev–Trinajstić information content (AvgIpc) is 2.91. The second-order valence-corrected chi connectivity index (χ2v) is 4.49. The van der Waals surface area contributed by atoms with Gasteiger partial charge >= 0.3 is 0 Å². The molecule has 0 radical (unpaired) electrons. The van der Waals surface area contributed by atoms with Gasteiger partial charge in [-0.2, -0.15) is 0 Å². The minimum absolute atomic E-state index is 0.558. The molecule has 0 aliphatic carbocycles. The normalized spacial score (nSPS) is 10.8. The van der Waals surface area contributed by atoms with E-state index in [-0.39, 0.29) is 0 Å². The number of oxazole rings is 1. The zero-order valence-corrected chi connectivity index (χ0v) is 11.6. The third-order valence-electron chi connectivity index (χ3n) is 3.29. The van der Waals surface area contributed by atoms with Gasteiger partial charge in [-0.05, 0) is 31.2 Å². The highest BCUT2D eigenvalue weighted by Crippen LogP contribution is 2.34. The van der Waals surface area contributed by atoms with E-state index in [1.165, 1.54) is 0 Å². The Balaban J connectivity index is 2.18. The molecule has 0 fully saturated rings. The zero-order chi connectivity index (χ0) is 14.1. The molecule has 0 amide bonds. The molecule has 0 N–H and O–H groups in total.